The number of aromatic nitrogens is 8. The van der Waals surface area contributed by atoms with Crippen molar-refractivity contribution < 1.29 is 23.0 Å². The van der Waals surface area contributed by atoms with Gasteiger partial charge in [0.05, 0.1) is 23.8 Å². The molecule has 1 fully saturated rings. The molecule has 0 saturated heterocycles. The molecule has 40 heavy (non-hydrogen) atoms. The molecule has 1 saturated carbocycles. The van der Waals surface area contributed by atoms with E-state index in [0.29, 0.717) is 54.3 Å². The van der Waals surface area contributed by atoms with Gasteiger partial charge in [0.15, 0.2) is 6.61 Å². The van der Waals surface area contributed by atoms with E-state index >= 15 is 0 Å². The number of Topliss-reactive ketones (excluding diaryl/α,β-unsaturated/α-hetero) is 1. The molecule has 12 nitrogen and oxygen atoms in total. The Hall–Kier alpha value is -4.20. The second-order valence-corrected chi connectivity index (χ2v) is 9.73. The monoisotopic (exact) mass is 573 g/mol. The fraction of sp³-hybridized carbons (Fsp3) is 0.400. The van der Waals surface area contributed by atoms with Crippen LogP contribution in [0.4, 0.5) is 20.4 Å². The first kappa shape index (κ1) is 27.4. The average Bonchev–Trinajstić information content (AvgIpc) is 3.59. The first-order valence-electron chi connectivity index (χ1n) is 12.6. The van der Waals surface area contributed by atoms with Gasteiger partial charge in [-0.2, -0.15) is 0 Å². The van der Waals surface area contributed by atoms with Crippen LogP contribution in [0.5, 0.6) is 11.6 Å². The summed E-state index contributed by atoms with van der Waals surface area (Å²) in [6.07, 6.45) is 5.66. The number of nitrogens with zero attached hydrogens (tertiary/aromatic N) is 8. The van der Waals surface area contributed by atoms with E-state index in [2.05, 4.69) is 35.9 Å². The molecule has 5 rings (SSSR count). The number of tetrazole rings is 1. The zero-order valence-electron chi connectivity index (χ0n) is 21.5. The van der Waals surface area contributed by atoms with E-state index in [0.717, 1.165) is 5.56 Å². The zero-order valence-corrected chi connectivity index (χ0v) is 22.2. The van der Waals surface area contributed by atoms with E-state index in [9.17, 15) is 13.6 Å². The fourth-order valence-electron chi connectivity index (χ4n) is 4.30. The quantitative estimate of drug-likeness (QED) is 0.273. The molecule has 0 aliphatic heterocycles. The van der Waals surface area contributed by atoms with Crippen LogP contribution in [0.1, 0.15) is 38.6 Å². The number of hydrogen-bond acceptors (Lipinski definition) is 10. The summed E-state index contributed by atoms with van der Waals surface area (Å²) in [6.45, 7) is 1.52. The van der Waals surface area contributed by atoms with Crippen molar-refractivity contribution >= 4 is 29.0 Å². The summed E-state index contributed by atoms with van der Waals surface area (Å²) in [6, 6.07) is 5.31. The molecular formula is C25H26ClF2N9O3. The largest absolute Gasteiger partial charge is 0.487 e. The van der Waals surface area contributed by atoms with Crippen LogP contribution in [-0.2, 0) is 11.3 Å². The number of hydrogen-bond donors (Lipinski definition) is 1. The van der Waals surface area contributed by atoms with Crippen molar-refractivity contribution in [2.24, 2.45) is 0 Å². The van der Waals surface area contributed by atoms with Gasteiger partial charge in [-0.1, -0.05) is 17.7 Å². The van der Waals surface area contributed by atoms with E-state index in [1.807, 2.05) is 13.0 Å². The summed E-state index contributed by atoms with van der Waals surface area (Å²) in [5.74, 6) is 0.937. The Bertz CT molecular complexity index is 1420. The summed E-state index contributed by atoms with van der Waals surface area (Å²) in [5.41, 5.74) is 1.84. The lowest BCUT2D eigenvalue weighted by Gasteiger charge is -2.20. The summed E-state index contributed by atoms with van der Waals surface area (Å²) in [4.78, 5) is 20.4. The molecule has 3 heterocycles. The molecule has 1 aliphatic carbocycles. The van der Waals surface area contributed by atoms with Gasteiger partial charge in [-0.05, 0) is 47.9 Å². The maximum absolute atomic E-state index is 12.8. The number of ether oxygens (including phenoxy) is 2. The minimum atomic E-state index is -2.66. The van der Waals surface area contributed by atoms with Gasteiger partial charge in [0.2, 0.25) is 5.95 Å². The number of rotatable bonds is 11. The van der Waals surface area contributed by atoms with Crippen LogP contribution >= 0.6 is 11.6 Å². The maximum Gasteiger partial charge on any atom is 0.272 e. The Morgan fingerprint density at radius 2 is 1.95 bits per heavy atom. The Morgan fingerprint density at radius 3 is 2.65 bits per heavy atom. The van der Waals surface area contributed by atoms with E-state index in [1.54, 1.807) is 40.1 Å². The molecular weight excluding hydrogens is 548 g/mol. The van der Waals surface area contributed by atoms with Crippen LogP contribution in [-0.4, -0.2) is 64.9 Å². The normalized spacial score (nSPS) is 14.9. The topological polar surface area (TPSA) is 135 Å². The maximum atomic E-state index is 12.8. The lowest BCUT2D eigenvalue weighted by Crippen LogP contribution is -2.20. The van der Waals surface area contributed by atoms with Crippen molar-refractivity contribution in [2.75, 3.05) is 11.9 Å². The van der Waals surface area contributed by atoms with E-state index in [1.165, 1.54) is 6.33 Å². The minimum absolute atomic E-state index is 0.0140. The number of alkyl halides is 2. The van der Waals surface area contributed by atoms with Crippen molar-refractivity contribution in [3.8, 4) is 22.8 Å². The van der Waals surface area contributed by atoms with E-state index in [4.69, 9.17) is 21.1 Å². The van der Waals surface area contributed by atoms with Crippen LogP contribution in [0.15, 0.2) is 43.1 Å². The first-order valence-corrected chi connectivity index (χ1v) is 13.0. The molecule has 210 valence electrons. The SMILES string of the molecule is C[C@@H](Cn1cnnn1)Oc1cc(-c2cnc(Nc3cn(C4CCC(=O)CC4)nc3OCC(F)F)nc2)ccc1Cl. The second-order valence-electron chi connectivity index (χ2n) is 9.33. The molecule has 0 spiro atoms. The van der Waals surface area contributed by atoms with Crippen LogP contribution in [0.2, 0.25) is 5.02 Å². The lowest BCUT2D eigenvalue weighted by molar-refractivity contribution is -0.120. The Balaban J connectivity index is 1.29. The van der Waals surface area contributed by atoms with Crippen molar-refractivity contribution in [3.63, 3.8) is 0 Å². The average molecular weight is 574 g/mol. The molecule has 3 aromatic heterocycles. The van der Waals surface area contributed by atoms with Gasteiger partial charge in [-0.15, -0.1) is 10.2 Å². The highest BCUT2D eigenvalue weighted by Gasteiger charge is 2.24. The zero-order chi connectivity index (χ0) is 28.1. The van der Waals surface area contributed by atoms with Crippen LogP contribution in [0.25, 0.3) is 11.1 Å². The van der Waals surface area contributed by atoms with Crippen LogP contribution < -0.4 is 14.8 Å². The van der Waals surface area contributed by atoms with Crippen LogP contribution in [0.3, 0.4) is 0 Å². The molecule has 4 aromatic rings. The highest BCUT2D eigenvalue weighted by molar-refractivity contribution is 6.32. The number of anilines is 2. The molecule has 1 aromatic carbocycles. The lowest BCUT2D eigenvalue weighted by atomic mass is 9.95. The molecule has 0 bridgehead atoms. The minimum Gasteiger partial charge on any atom is -0.487 e. The van der Waals surface area contributed by atoms with Gasteiger partial charge in [0, 0.05) is 30.8 Å². The second kappa shape index (κ2) is 12.3. The molecule has 0 radical (unpaired) electrons. The van der Waals surface area contributed by atoms with Crippen molar-refractivity contribution in [1.29, 1.82) is 0 Å². The number of halogens is 3. The van der Waals surface area contributed by atoms with Gasteiger partial charge >= 0.3 is 0 Å². The van der Waals surface area contributed by atoms with Crippen molar-refractivity contribution in [1.82, 2.24) is 40.0 Å². The molecule has 1 atom stereocenters. The standard InChI is InChI=1S/C25H26ClF2N9O3/c1-15(11-36-14-31-34-35-36)40-22-8-16(2-7-20(22)26)17-9-29-25(30-10-17)32-21-12-37(18-3-5-19(38)6-4-18)33-24(21)39-13-23(27)28/h2,7-10,12,14-15,18,23H,3-6,11,13H2,1H3,(H,29,30,32)/t15-/m0/s1. The Morgan fingerprint density at radius 1 is 1.18 bits per heavy atom. The third-order valence-electron chi connectivity index (χ3n) is 6.26. The van der Waals surface area contributed by atoms with Gasteiger partial charge in [0.1, 0.15) is 29.7 Å². The predicted molar refractivity (Wildman–Crippen MR) is 140 cm³/mol. The first-order chi connectivity index (χ1) is 19.3. The predicted octanol–water partition coefficient (Wildman–Crippen LogP) is 4.52. The number of ketones is 1. The highest BCUT2D eigenvalue weighted by atomic mass is 35.5. The van der Waals surface area contributed by atoms with E-state index < -0.39 is 13.0 Å². The van der Waals surface area contributed by atoms with E-state index in [-0.39, 0.29) is 29.8 Å². The molecule has 1 N–H and O–H groups in total. The number of carbonyl (C=O) groups excluding carboxylic acids is 1. The molecule has 0 amide bonds. The fourth-order valence-corrected chi connectivity index (χ4v) is 4.46. The smallest absolute Gasteiger partial charge is 0.272 e. The summed E-state index contributed by atoms with van der Waals surface area (Å²) in [7, 11) is 0. The number of carbonyl (C=O) groups is 1. The summed E-state index contributed by atoms with van der Waals surface area (Å²) in [5, 5.41) is 18.9. The highest BCUT2D eigenvalue weighted by Crippen LogP contribution is 2.33. The molecule has 15 heteroatoms. The molecule has 0 unspecified atom stereocenters. The van der Waals surface area contributed by atoms with Crippen molar-refractivity contribution in [2.45, 2.75) is 57.7 Å². The number of benzene rings is 1. The molecule has 1 aliphatic rings. The third-order valence-corrected chi connectivity index (χ3v) is 6.57. The third kappa shape index (κ3) is 6.86. The Kier molecular flexibility index (Phi) is 8.43. The van der Waals surface area contributed by atoms with Gasteiger partial charge in [-0.25, -0.2) is 23.4 Å². The van der Waals surface area contributed by atoms with Gasteiger partial charge < -0.3 is 14.8 Å². The van der Waals surface area contributed by atoms with Gasteiger partial charge in [0.25, 0.3) is 12.3 Å². The number of nitrogens with one attached hydrogen (secondary N) is 1. The summed E-state index contributed by atoms with van der Waals surface area (Å²) < 4.78 is 40.1. The Labute approximate surface area is 232 Å². The van der Waals surface area contributed by atoms with Gasteiger partial charge in [-0.3, -0.25) is 9.48 Å². The van der Waals surface area contributed by atoms with Crippen LogP contribution in [0, 0.1) is 0 Å². The summed E-state index contributed by atoms with van der Waals surface area (Å²) >= 11 is 6.35. The van der Waals surface area contributed by atoms with Crippen molar-refractivity contribution in [3.05, 3.63) is 48.1 Å².